The Morgan fingerprint density at radius 3 is 2.36 bits per heavy atom. The number of hydrogen-bond acceptors (Lipinski definition) is 4. The van der Waals surface area contributed by atoms with Gasteiger partial charge in [-0.2, -0.15) is 4.57 Å². The maximum atomic E-state index is 12.8. The van der Waals surface area contributed by atoms with Crippen molar-refractivity contribution < 1.29 is 13.0 Å². The molecule has 0 radical (unpaired) electrons. The SMILES string of the molecule is CC[n+]1ccn(-c2nc3ccccc3nc2[N-]S(=O)(=O)c2ccc(C)cc2)c1. The fourth-order valence-corrected chi connectivity index (χ4v) is 3.73. The molecule has 0 saturated heterocycles. The first-order chi connectivity index (χ1) is 13.5. The van der Waals surface area contributed by atoms with Gasteiger partial charge in [-0.15, -0.1) is 0 Å². The average molecular weight is 393 g/mol. The van der Waals surface area contributed by atoms with Crippen molar-refractivity contribution in [1.29, 1.82) is 0 Å². The third kappa shape index (κ3) is 3.46. The number of hydrogen-bond donors (Lipinski definition) is 0. The third-order valence-corrected chi connectivity index (χ3v) is 5.64. The summed E-state index contributed by atoms with van der Waals surface area (Å²) in [5.74, 6) is 0.416. The van der Waals surface area contributed by atoms with E-state index in [1.165, 1.54) is 0 Å². The molecule has 0 aliphatic carbocycles. The van der Waals surface area contributed by atoms with Gasteiger partial charge in [0.2, 0.25) is 22.2 Å². The van der Waals surface area contributed by atoms with Crippen molar-refractivity contribution in [3.05, 3.63) is 77.5 Å². The lowest BCUT2D eigenvalue weighted by atomic mass is 10.2. The second kappa shape index (κ2) is 7.05. The van der Waals surface area contributed by atoms with E-state index < -0.39 is 10.0 Å². The van der Waals surface area contributed by atoms with E-state index in [-0.39, 0.29) is 10.7 Å². The molecule has 0 spiro atoms. The molecule has 0 fully saturated rings. The molecule has 142 valence electrons. The van der Waals surface area contributed by atoms with Gasteiger partial charge in [-0.3, -0.25) is 0 Å². The Bertz CT molecular complexity index is 1250. The largest absolute Gasteiger partial charge is 0.429 e. The number of rotatable bonds is 5. The first-order valence-electron chi connectivity index (χ1n) is 8.85. The molecule has 0 N–H and O–H groups in total. The normalized spacial score (nSPS) is 11.6. The number of nitrogens with zero attached hydrogens (tertiary/aromatic N) is 5. The molecule has 0 amide bonds. The Labute approximate surface area is 163 Å². The Morgan fingerprint density at radius 2 is 1.71 bits per heavy atom. The van der Waals surface area contributed by atoms with Gasteiger partial charge in [-0.1, -0.05) is 35.9 Å². The van der Waals surface area contributed by atoms with Crippen LogP contribution in [0.3, 0.4) is 0 Å². The van der Waals surface area contributed by atoms with Crippen molar-refractivity contribution in [3.8, 4) is 5.82 Å². The summed E-state index contributed by atoms with van der Waals surface area (Å²) in [6, 6.07) is 13.9. The molecule has 8 heteroatoms. The summed E-state index contributed by atoms with van der Waals surface area (Å²) in [7, 11) is -3.93. The minimum Gasteiger partial charge on any atom is -0.429 e. The molecular weight excluding hydrogens is 374 g/mol. The van der Waals surface area contributed by atoms with Crippen LogP contribution in [-0.2, 0) is 16.6 Å². The van der Waals surface area contributed by atoms with Crippen molar-refractivity contribution in [3.63, 3.8) is 0 Å². The summed E-state index contributed by atoms with van der Waals surface area (Å²) < 4.78 is 33.4. The molecule has 2 aromatic heterocycles. The molecule has 2 heterocycles. The molecule has 4 aromatic rings. The molecule has 7 nitrogen and oxygen atoms in total. The first kappa shape index (κ1) is 18.1. The summed E-state index contributed by atoms with van der Waals surface area (Å²) in [6.45, 7) is 4.70. The van der Waals surface area contributed by atoms with E-state index in [1.807, 2.05) is 49.1 Å². The fourth-order valence-electron chi connectivity index (χ4n) is 2.80. The predicted molar refractivity (Wildman–Crippen MR) is 106 cm³/mol. The highest BCUT2D eigenvalue weighted by Gasteiger charge is 2.16. The van der Waals surface area contributed by atoms with Crippen LogP contribution in [0, 0.1) is 6.92 Å². The topological polar surface area (TPSA) is 82.8 Å². The molecule has 0 bridgehead atoms. The summed E-state index contributed by atoms with van der Waals surface area (Å²) >= 11 is 0. The van der Waals surface area contributed by atoms with Crippen LogP contribution in [0.1, 0.15) is 12.5 Å². The number of aryl methyl sites for hydroxylation is 2. The maximum absolute atomic E-state index is 12.8. The number of benzene rings is 2. The second-order valence-corrected chi connectivity index (χ2v) is 7.99. The Morgan fingerprint density at radius 1 is 1.04 bits per heavy atom. The predicted octanol–water partition coefficient (Wildman–Crippen LogP) is 3.43. The van der Waals surface area contributed by atoms with Crippen LogP contribution in [-0.4, -0.2) is 23.0 Å². The van der Waals surface area contributed by atoms with Crippen LogP contribution in [0.15, 0.2) is 72.1 Å². The standard InChI is InChI=1S/C20H19N5O2S/c1-3-24-12-13-25(14-24)20-19(21-17-6-4-5-7-18(17)22-20)23-28(26,27)16-10-8-15(2)9-11-16/h4-14H,3H2,1-2H3. The van der Waals surface area contributed by atoms with Crippen LogP contribution in [0.2, 0.25) is 0 Å². The van der Waals surface area contributed by atoms with E-state index in [9.17, 15) is 8.42 Å². The van der Waals surface area contributed by atoms with Gasteiger partial charge < -0.3 is 9.71 Å². The Kier molecular flexibility index (Phi) is 4.56. The highest BCUT2D eigenvalue weighted by molar-refractivity contribution is 7.94. The fraction of sp³-hybridized carbons (Fsp3) is 0.150. The van der Waals surface area contributed by atoms with Gasteiger partial charge in [-0.05, 0) is 37.6 Å². The van der Waals surface area contributed by atoms with Crippen molar-refractivity contribution in [1.82, 2.24) is 14.5 Å². The zero-order valence-corrected chi connectivity index (χ0v) is 16.3. The summed E-state index contributed by atoms with van der Waals surface area (Å²) in [4.78, 5) is 9.21. The van der Waals surface area contributed by atoms with Crippen LogP contribution in [0.25, 0.3) is 21.6 Å². The Balaban J connectivity index is 1.84. The number of sulfonamides is 1. The van der Waals surface area contributed by atoms with Gasteiger partial charge in [0.05, 0.1) is 17.0 Å². The first-order valence-corrected chi connectivity index (χ1v) is 10.3. The molecule has 0 saturated carbocycles. The summed E-state index contributed by atoms with van der Waals surface area (Å²) in [6.07, 6.45) is 5.52. The lowest BCUT2D eigenvalue weighted by Crippen LogP contribution is -2.28. The maximum Gasteiger partial charge on any atom is 0.250 e. The zero-order chi connectivity index (χ0) is 19.7. The van der Waals surface area contributed by atoms with Crippen LogP contribution in [0.4, 0.5) is 5.82 Å². The van der Waals surface area contributed by atoms with Crippen LogP contribution >= 0.6 is 0 Å². The van der Waals surface area contributed by atoms with Crippen molar-refractivity contribution in [2.24, 2.45) is 0 Å². The lowest BCUT2D eigenvalue weighted by Gasteiger charge is -2.18. The molecule has 0 unspecified atom stereocenters. The van der Waals surface area contributed by atoms with Gasteiger partial charge >= 0.3 is 0 Å². The summed E-state index contributed by atoms with van der Waals surface area (Å²) in [5.41, 5.74) is 2.22. The zero-order valence-electron chi connectivity index (χ0n) is 15.5. The highest BCUT2D eigenvalue weighted by Crippen LogP contribution is 2.32. The molecular formula is C20H19N5O2S. The molecule has 0 aliphatic rings. The summed E-state index contributed by atoms with van der Waals surface area (Å²) in [5, 5.41) is 0. The minimum absolute atomic E-state index is 0.0538. The van der Waals surface area contributed by atoms with Crippen molar-refractivity contribution in [2.45, 2.75) is 25.3 Å². The molecule has 0 atom stereocenters. The smallest absolute Gasteiger partial charge is 0.250 e. The monoisotopic (exact) mass is 393 g/mol. The molecule has 2 aromatic carbocycles. The molecule has 4 rings (SSSR count). The third-order valence-electron chi connectivity index (χ3n) is 4.36. The van der Waals surface area contributed by atoms with E-state index in [0.29, 0.717) is 16.9 Å². The van der Waals surface area contributed by atoms with Gasteiger partial charge in [0, 0.05) is 5.82 Å². The highest BCUT2D eigenvalue weighted by atomic mass is 32.2. The number of fused-ring (bicyclic) bond motifs is 1. The Hall–Kier alpha value is -3.26. The van der Waals surface area contributed by atoms with Gasteiger partial charge in [0.25, 0.3) is 0 Å². The van der Waals surface area contributed by atoms with Gasteiger partial charge in [0.1, 0.15) is 12.4 Å². The van der Waals surface area contributed by atoms with Crippen molar-refractivity contribution in [2.75, 3.05) is 0 Å². The van der Waals surface area contributed by atoms with Gasteiger partial charge in [0.15, 0.2) is 0 Å². The number of para-hydroxylation sites is 2. The minimum atomic E-state index is -3.93. The number of imidazole rings is 1. The molecule has 28 heavy (non-hydrogen) atoms. The van der Waals surface area contributed by atoms with E-state index >= 15 is 0 Å². The van der Waals surface area contributed by atoms with E-state index in [2.05, 4.69) is 14.7 Å². The van der Waals surface area contributed by atoms with E-state index in [4.69, 9.17) is 0 Å². The average Bonchev–Trinajstić information content (AvgIpc) is 3.16. The van der Waals surface area contributed by atoms with E-state index in [1.54, 1.807) is 41.1 Å². The van der Waals surface area contributed by atoms with Gasteiger partial charge in [-0.25, -0.2) is 18.0 Å². The van der Waals surface area contributed by atoms with Crippen molar-refractivity contribution >= 4 is 26.9 Å². The lowest BCUT2D eigenvalue weighted by molar-refractivity contribution is -0.692. The molecule has 0 aliphatic heterocycles. The number of aromatic nitrogens is 4. The quantitative estimate of drug-likeness (QED) is 0.486. The van der Waals surface area contributed by atoms with Crippen LogP contribution < -0.4 is 4.57 Å². The van der Waals surface area contributed by atoms with Crippen LogP contribution in [0.5, 0.6) is 0 Å². The second-order valence-electron chi connectivity index (χ2n) is 6.39. The van der Waals surface area contributed by atoms with E-state index in [0.717, 1.165) is 12.1 Å².